The lowest BCUT2D eigenvalue weighted by atomic mass is 9.96. The van der Waals surface area contributed by atoms with Gasteiger partial charge in [0, 0.05) is 12.8 Å². The minimum Gasteiger partial charge on any atom is -0.726 e. The van der Waals surface area contributed by atoms with E-state index in [4.69, 9.17) is 0 Å². The molecule has 0 aromatic rings. The van der Waals surface area contributed by atoms with Crippen LogP contribution in [0.5, 0.6) is 0 Å². The van der Waals surface area contributed by atoms with E-state index in [1.165, 1.54) is 116 Å². The number of hydrogen-bond acceptors (Lipinski definition) is 7. The number of unbranched alkanes of at least 4 members (excludes halogenated alkanes) is 22. The summed E-state index contributed by atoms with van der Waals surface area (Å²) in [5, 5.41) is 9.43. The predicted octanol–water partition coefficient (Wildman–Crippen LogP) is 9.17. The maximum atomic E-state index is 13.1. The highest BCUT2D eigenvalue weighted by Crippen LogP contribution is 2.13. The highest BCUT2D eigenvalue weighted by Gasteiger charge is 2.32. The van der Waals surface area contributed by atoms with Crippen molar-refractivity contribution in [3.63, 3.8) is 0 Å². The molecule has 0 aromatic carbocycles. The van der Waals surface area contributed by atoms with Gasteiger partial charge < -0.3 is 14.6 Å². The van der Waals surface area contributed by atoms with Gasteiger partial charge in [-0.05, 0) is 64.2 Å². The number of carbonyl (C=O) groups is 2. The Hall–Kier alpha value is -1.39. The molecule has 9 heteroatoms. The number of allylic oxidation sites excluding steroid dienone is 4. The van der Waals surface area contributed by atoms with E-state index in [-0.39, 0.29) is 18.2 Å². The van der Waals surface area contributed by atoms with Gasteiger partial charge in [-0.2, -0.15) is 0 Å². The molecule has 1 unspecified atom stereocenters. The summed E-state index contributed by atoms with van der Waals surface area (Å²) in [6, 6.07) is -0.601. The van der Waals surface area contributed by atoms with Crippen molar-refractivity contribution in [1.82, 2.24) is 0 Å². The van der Waals surface area contributed by atoms with Crippen molar-refractivity contribution in [2.45, 2.75) is 200 Å². The molecule has 0 aliphatic rings. The SMILES string of the molecule is CCCCCCCC/C=C\CCCCCCCC(=O)C(C(=O)CCCCCCC/C=C\CCCCCCCC)[NH+](C)CCO.COS(=O)(=O)[O-]. The molecule has 0 rings (SSSR count). The smallest absolute Gasteiger partial charge is 0.217 e. The van der Waals surface area contributed by atoms with Gasteiger partial charge >= 0.3 is 0 Å². The van der Waals surface area contributed by atoms with Crippen LogP contribution in [0, 0.1) is 0 Å². The molecule has 0 saturated heterocycles. The van der Waals surface area contributed by atoms with Gasteiger partial charge in [-0.1, -0.05) is 141 Å². The van der Waals surface area contributed by atoms with Gasteiger partial charge in [0.2, 0.25) is 16.4 Å². The van der Waals surface area contributed by atoms with Crippen LogP contribution in [0.2, 0.25) is 0 Å². The van der Waals surface area contributed by atoms with Crippen molar-refractivity contribution in [2.75, 3.05) is 27.3 Å². The van der Waals surface area contributed by atoms with E-state index in [2.05, 4.69) is 42.3 Å². The Kier molecular flexibility index (Phi) is 39.4. The van der Waals surface area contributed by atoms with E-state index in [1.54, 1.807) is 0 Å². The van der Waals surface area contributed by atoms with Gasteiger partial charge in [-0.3, -0.25) is 13.8 Å². The number of likely N-dealkylation sites (N-methyl/N-ethyl adjacent to an activating group) is 1. The van der Waals surface area contributed by atoms with Crippen LogP contribution in [-0.2, 0) is 24.2 Å². The summed E-state index contributed by atoms with van der Waals surface area (Å²) in [6.45, 7) is 4.98. The third-order valence-corrected chi connectivity index (χ3v) is 9.63. The van der Waals surface area contributed by atoms with Crippen LogP contribution >= 0.6 is 0 Å². The molecule has 0 aromatic heterocycles. The van der Waals surface area contributed by atoms with E-state index in [0.717, 1.165) is 63.4 Å². The van der Waals surface area contributed by atoms with E-state index < -0.39 is 16.4 Å². The highest BCUT2D eigenvalue weighted by atomic mass is 32.3. The maximum absolute atomic E-state index is 13.1. The lowest BCUT2D eigenvalue weighted by Crippen LogP contribution is -3.15. The summed E-state index contributed by atoms with van der Waals surface area (Å²) >= 11 is 0. The van der Waals surface area contributed by atoms with Crippen molar-refractivity contribution in [3.8, 4) is 0 Å². The molecule has 0 bridgehead atoms. The molecule has 50 heavy (non-hydrogen) atoms. The zero-order valence-electron chi connectivity index (χ0n) is 32.9. The number of nitrogens with one attached hydrogen (secondary N) is 1. The van der Waals surface area contributed by atoms with Crippen LogP contribution in [0.15, 0.2) is 24.3 Å². The molecule has 1 atom stereocenters. The highest BCUT2D eigenvalue weighted by molar-refractivity contribution is 7.80. The van der Waals surface area contributed by atoms with Gasteiger partial charge in [-0.25, -0.2) is 8.42 Å². The van der Waals surface area contributed by atoms with Crippen molar-refractivity contribution in [1.29, 1.82) is 0 Å². The molecule has 0 amide bonds. The zero-order chi connectivity index (χ0) is 37.6. The molecular formula is C41H79NO7S. The molecular weight excluding hydrogens is 651 g/mol. The van der Waals surface area contributed by atoms with Crippen LogP contribution in [0.3, 0.4) is 0 Å². The van der Waals surface area contributed by atoms with Gasteiger partial charge in [0.05, 0.1) is 20.8 Å². The van der Waals surface area contributed by atoms with Crippen molar-refractivity contribution < 1.29 is 36.7 Å². The number of aliphatic hydroxyl groups excluding tert-OH is 1. The number of aliphatic hydroxyl groups is 1. The normalized spacial score (nSPS) is 12.5. The average Bonchev–Trinajstić information content (AvgIpc) is 3.08. The van der Waals surface area contributed by atoms with E-state index >= 15 is 0 Å². The second kappa shape index (κ2) is 38.8. The average molecular weight is 730 g/mol. The van der Waals surface area contributed by atoms with Crippen LogP contribution in [0.1, 0.15) is 194 Å². The molecule has 0 saturated carbocycles. The zero-order valence-corrected chi connectivity index (χ0v) is 33.7. The Morgan fingerprint density at radius 1 is 0.600 bits per heavy atom. The fourth-order valence-electron chi connectivity index (χ4n) is 6.08. The molecule has 296 valence electrons. The Labute approximate surface area is 309 Å². The largest absolute Gasteiger partial charge is 0.726 e. The van der Waals surface area contributed by atoms with Gasteiger partial charge in [0.25, 0.3) is 0 Å². The van der Waals surface area contributed by atoms with Crippen molar-refractivity contribution in [3.05, 3.63) is 24.3 Å². The molecule has 0 aliphatic carbocycles. The molecule has 0 fully saturated rings. The Bertz CT molecular complexity index is 868. The quantitative estimate of drug-likeness (QED) is 0.0217. The monoisotopic (exact) mass is 730 g/mol. The second-order valence-electron chi connectivity index (χ2n) is 13.9. The summed E-state index contributed by atoms with van der Waals surface area (Å²) in [7, 11) is -1.72. The van der Waals surface area contributed by atoms with Crippen molar-refractivity contribution >= 4 is 22.0 Å². The van der Waals surface area contributed by atoms with Crippen LogP contribution in [-0.4, -0.2) is 63.0 Å². The first-order valence-corrected chi connectivity index (χ1v) is 21.8. The molecule has 0 spiro atoms. The first-order valence-electron chi connectivity index (χ1n) is 20.4. The molecule has 2 N–H and O–H groups in total. The fourth-order valence-corrected chi connectivity index (χ4v) is 6.08. The van der Waals surface area contributed by atoms with E-state index in [0.29, 0.717) is 19.4 Å². The minimum absolute atomic E-state index is 0.00367. The summed E-state index contributed by atoms with van der Waals surface area (Å²) in [5.74, 6) is 0.151. The molecule has 0 aliphatic heterocycles. The molecule has 0 radical (unpaired) electrons. The Morgan fingerprint density at radius 3 is 1.16 bits per heavy atom. The number of quaternary nitrogens is 1. The third-order valence-electron chi connectivity index (χ3n) is 9.22. The standard InChI is InChI=1S/C40H75NO3.CH4O4S/c1-4-6-8-10-12-14-16-18-20-22-24-26-28-30-32-34-38(43)40(41(3)36-37-42)39(44)35-33-31-29-27-25-23-21-19-17-15-13-11-9-7-5-2;1-5-6(2,3)4/h18-21,40,42H,4-17,22-37H2,1-3H3;1H3,(H,2,3,4)/b20-18-,21-19-;. The maximum Gasteiger partial charge on any atom is 0.217 e. The van der Waals surface area contributed by atoms with Crippen LogP contribution in [0.4, 0.5) is 0 Å². The number of Topliss-reactive ketones (excluding diaryl/α,β-unsaturated/α-hetero) is 2. The van der Waals surface area contributed by atoms with Crippen LogP contribution in [0.25, 0.3) is 0 Å². The molecule has 8 nitrogen and oxygen atoms in total. The van der Waals surface area contributed by atoms with E-state index in [9.17, 15) is 27.7 Å². The summed E-state index contributed by atoms with van der Waals surface area (Å²) < 4.78 is 31.0. The summed E-state index contributed by atoms with van der Waals surface area (Å²) in [6.07, 6.45) is 42.5. The Balaban J connectivity index is 0. The third kappa shape index (κ3) is 37.9. The predicted molar refractivity (Wildman–Crippen MR) is 208 cm³/mol. The Morgan fingerprint density at radius 2 is 0.880 bits per heavy atom. The van der Waals surface area contributed by atoms with Gasteiger partial charge in [0.1, 0.15) is 6.54 Å². The lowest BCUT2D eigenvalue weighted by Gasteiger charge is -2.22. The topological polar surface area (TPSA) is 125 Å². The fraction of sp³-hybridized carbons (Fsp3) is 0.854. The van der Waals surface area contributed by atoms with Crippen molar-refractivity contribution in [2.24, 2.45) is 0 Å². The summed E-state index contributed by atoms with van der Waals surface area (Å²) in [4.78, 5) is 27.0. The summed E-state index contributed by atoms with van der Waals surface area (Å²) in [5.41, 5.74) is 0. The van der Waals surface area contributed by atoms with Crippen LogP contribution < -0.4 is 4.90 Å². The minimum atomic E-state index is -4.41. The number of ketones is 2. The number of carbonyl (C=O) groups excluding carboxylic acids is 2. The first-order chi connectivity index (χ1) is 24.1. The number of rotatable bonds is 36. The second-order valence-corrected chi connectivity index (χ2v) is 15.1. The molecule has 0 heterocycles. The first kappa shape index (κ1) is 50.7. The van der Waals surface area contributed by atoms with Gasteiger partial charge in [0.15, 0.2) is 11.6 Å². The lowest BCUT2D eigenvalue weighted by molar-refractivity contribution is -0.887. The number of hydrogen-bond donors (Lipinski definition) is 2. The van der Waals surface area contributed by atoms with Gasteiger partial charge in [-0.15, -0.1) is 0 Å². The van der Waals surface area contributed by atoms with E-state index in [1.807, 2.05) is 7.05 Å².